The molecule has 5 heteroatoms. The Morgan fingerprint density at radius 3 is 2.81 bits per heavy atom. The highest BCUT2D eigenvalue weighted by Crippen LogP contribution is 2.20. The zero-order valence-electron chi connectivity index (χ0n) is 9.12. The van der Waals surface area contributed by atoms with Crippen molar-refractivity contribution in [3.63, 3.8) is 0 Å². The molecule has 0 aliphatic heterocycles. The molecule has 1 rings (SSSR count). The van der Waals surface area contributed by atoms with Crippen LogP contribution >= 0.6 is 11.6 Å². The van der Waals surface area contributed by atoms with Gasteiger partial charge in [-0.1, -0.05) is 18.2 Å². The van der Waals surface area contributed by atoms with E-state index in [1.165, 1.54) is 13.3 Å². The Kier molecular flexibility index (Phi) is 4.31. The van der Waals surface area contributed by atoms with Crippen molar-refractivity contribution in [3.8, 4) is 0 Å². The van der Waals surface area contributed by atoms with Crippen molar-refractivity contribution in [1.29, 1.82) is 0 Å². The molecule has 4 nitrogen and oxygen atoms in total. The number of nitrogens with zero attached hydrogens (tertiary/aromatic N) is 1. The molecule has 0 N–H and O–H groups in total. The first kappa shape index (κ1) is 12.5. The molecular weight excluding hydrogens is 230 g/mol. The Morgan fingerprint density at radius 2 is 2.31 bits per heavy atom. The number of esters is 1. The van der Waals surface area contributed by atoms with Gasteiger partial charge in [0.1, 0.15) is 5.76 Å². The van der Waals surface area contributed by atoms with E-state index in [0.29, 0.717) is 17.9 Å². The minimum Gasteiger partial charge on any atom is -0.494 e. The zero-order chi connectivity index (χ0) is 12.1. The molecule has 0 aliphatic carbocycles. The quantitative estimate of drug-likeness (QED) is 0.600. The lowest BCUT2D eigenvalue weighted by molar-refractivity contribution is 0.0594. The van der Waals surface area contributed by atoms with Crippen molar-refractivity contribution in [1.82, 2.24) is 4.98 Å². The molecule has 0 aromatic carbocycles. The van der Waals surface area contributed by atoms with Crippen molar-refractivity contribution in [2.75, 3.05) is 13.7 Å². The van der Waals surface area contributed by atoms with Gasteiger partial charge < -0.3 is 9.47 Å². The number of ether oxygens (including phenoxy) is 2. The van der Waals surface area contributed by atoms with E-state index in [1.54, 1.807) is 6.07 Å². The van der Waals surface area contributed by atoms with Crippen LogP contribution in [0.3, 0.4) is 0 Å². The first-order valence-corrected chi connectivity index (χ1v) is 5.03. The maximum Gasteiger partial charge on any atom is 0.358 e. The summed E-state index contributed by atoms with van der Waals surface area (Å²) in [5.74, 6) is -0.105. The molecule has 0 fully saturated rings. The molecule has 0 amide bonds. The highest BCUT2D eigenvalue weighted by atomic mass is 35.5. The van der Waals surface area contributed by atoms with E-state index in [-0.39, 0.29) is 10.7 Å². The van der Waals surface area contributed by atoms with Gasteiger partial charge >= 0.3 is 5.97 Å². The van der Waals surface area contributed by atoms with Crippen LogP contribution in [0.4, 0.5) is 0 Å². The maximum atomic E-state index is 11.2. The van der Waals surface area contributed by atoms with Gasteiger partial charge in [0, 0.05) is 11.8 Å². The van der Waals surface area contributed by atoms with Gasteiger partial charge in [-0.05, 0) is 13.0 Å². The molecule has 0 saturated heterocycles. The van der Waals surface area contributed by atoms with E-state index in [2.05, 4.69) is 16.3 Å². The number of methoxy groups -OCH3 is 1. The number of hydrogen-bond donors (Lipinski definition) is 0. The van der Waals surface area contributed by atoms with Crippen LogP contribution in [-0.2, 0) is 9.47 Å². The largest absolute Gasteiger partial charge is 0.494 e. The van der Waals surface area contributed by atoms with Crippen LogP contribution in [0.15, 0.2) is 18.8 Å². The molecular formula is C11H12ClNO3. The summed E-state index contributed by atoms with van der Waals surface area (Å²) >= 11 is 5.89. The smallest absolute Gasteiger partial charge is 0.358 e. The van der Waals surface area contributed by atoms with E-state index in [1.807, 2.05) is 6.92 Å². The molecule has 0 saturated carbocycles. The van der Waals surface area contributed by atoms with Crippen LogP contribution in [0.25, 0.3) is 5.76 Å². The second-order valence-electron chi connectivity index (χ2n) is 2.90. The molecule has 0 aliphatic rings. The fourth-order valence-corrected chi connectivity index (χ4v) is 1.34. The number of hydrogen-bond acceptors (Lipinski definition) is 4. The molecule has 0 unspecified atom stereocenters. The van der Waals surface area contributed by atoms with Crippen molar-refractivity contribution in [2.45, 2.75) is 6.92 Å². The molecule has 0 bridgehead atoms. The molecule has 0 spiro atoms. The topological polar surface area (TPSA) is 48.4 Å². The third-order valence-electron chi connectivity index (χ3n) is 1.86. The standard InChI is InChI=1S/C11H12ClNO3/c1-4-16-7(2)8-5-9(12)10(13-6-8)11(14)15-3/h5-6H,2,4H2,1,3H3. The van der Waals surface area contributed by atoms with Crippen molar-refractivity contribution in [2.24, 2.45) is 0 Å². The highest BCUT2D eigenvalue weighted by Gasteiger charge is 2.13. The molecule has 0 atom stereocenters. The fraction of sp³-hybridized carbons (Fsp3) is 0.273. The maximum absolute atomic E-state index is 11.2. The Balaban J connectivity index is 2.99. The lowest BCUT2D eigenvalue weighted by Gasteiger charge is -2.08. The van der Waals surface area contributed by atoms with Crippen LogP contribution < -0.4 is 0 Å². The van der Waals surface area contributed by atoms with E-state index in [0.717, 1.165) is 0 Å². The Labute approximate surface area is 98.8 Å². The zero-order valence-corrected chi connectivity index (χ0v) is 9.87. The van der Waals surface area contributed by atoms with Crippen LogP contribution in [0.2, 0.25) is 5.02 Å². The van der Waals surface area contributed by atoms with E-state index in [4.69, 9.17) is 16.3 Å². The van der Waals surface area contributed by atoms with Gasteiger partial charge in [-0.3, -0.25) is 0 Å². The molecule has 86 valence electrons. The fourth-order valence-electron chi connectivity index (χ4n) is 1.09. The number of pyridine rings is 1. The summed E-state index contributed by atoms with van der Waals surface area (Å²) in [6, 6.07) is 1.57. The first-order valence-electron chi connectivity index (χ1n) is 4.66. The van der Waals surface area contributed by atoms with E-state index < -0.39 is 5.97 Å². The summed E-state index contributed by atoms with van der Waals surface area (Å²) in [7, 11) is 1.27. The summed E-state index contributed by atoms with van der Waals surface area (Å²) in [5.41, 5.74) is 0.719. The van der Waals surface area contributed by atoms with Crippen LogP contribution in [-0.4, -0.2) is 24.7 Å². The Morgan fingerprint density at radius 1 is 1.62 bits per heavy atom. The van der Waals surface area contributed by atoms with Crippen molar-refractivity contribution >= 4 is 23.3 Å². The normalized spacial score (nSPS) is 9.69. The average Bonchev–Trinajstić information content (AvgIpc) is 2.28. The van der Waals surface area contributed by atoms with Gasteiger partial charge in [-0.25, -0.2) is 9.78 Å². The van der Waals surface area contributed by atoms with E-state index >= 15 is 0 Å². The lowest BCUT2D eigenvalue weighted by atomic mass is 10.2. The molecule has 0 radical (unpaired) electrons. The summed E-state index contributed by atoms with van der Waals surface area (Å²) in [5, 5.41) is 0.213. The average molecular weight is 242 g/mol. The summed E-state index contributed by atoms with van der Waals surface area (Å²) in [4.78, 5) is 15.1. The number of halogens is 1. The second-order valence-corrected chi connectivity index (χ2v) is 3.31. The van der Waals surface area contributed by atoms with Gasteiger partial charge in [-0.15, -0.1) is 0 Å². The van der Waals surface area contributed by atoms with Gasteiger partial charge in [0.2, 0.25) is 0 Å². The van der Waals surface area contributed by atoms with Crippen LogP contribution in [0, 0.1) is 0 Å². The van der Waals surface area contributed by atoms with Crippen LogP contribution in [0.5, 0.6) is 0 Å². The van der Waals surface area contributed by atoms with Gasteiger partial charge in [0.25, 0.3) is 0 Å². The minimum absolute atomic E-state index is 0.0808. The number of carbonyl (C=O) groups excluding carboxylic acids is 1. The molecule has 1 heterocycles. The molecule has 1 aromatic heterocycles. The predicted octanol–water partition coefficient (Wildman–Crippen LogP) is 2.53. The summed E-state index contributed by atoms with van der Waals surface area (Å²) < 4.78 is 9.73. The van der Waals surface area contributed by atoms with Crippen LogP contribution in [0.1, 0.15) is 23.0 Å². The first-order chi connectivity index (χ1) is 7.60. The third-order valence-corrected chi connectivity index (χ3v) is 2.15. The Hall–Kier alpha value is -1.55. The SMILES string of the molecule is C=C(OCC)c1cnc(C(=O)OC)c(Cl)c1. The summed E-state index contributed by atoms with van der Waals surface area (Å²) in [6.07, 6.45) is 1.47. The van der Waals surface area contributed by atoms with Gasteiger partial charge in [0.15, 0.2) is 5.69 Å². The number of aromatic nitrogens is 1. The predicted molar refractivity (Wildman–Crippen MR) is 61.2 cm³/mol. The Bertz CT molecular complexity index is 418. The minimum atomic E-state index is -0.571. The lowest BCUT2D eigenvalue weighted by Crippen LogP contribution is -2.05. The van der Waals surface area contributed by atoms with Gasteiger partial charge in [0.05, 0.1) is 18.7 Å². The van der Waals surface area contributed by atoms with Crippen molar-refractivity contribution < 1.29 is 14.3 Å². The summed E-state index contributed by atoms with van der Waals surface area (Å²) in [6.45, 7) is 6.07. The third kappa shape index (κ3) is 2.73. The molecule has 1 aromatic rings. The number of carbonyl (C=O) groups is 1. The van der Waals surface area contributed by atoms with E-state index in [9.17, 15) is 4.79 Å². The number of rotatable bonds is 4. The van der Waals surface area contributed by atoms with Crippen molar-refractivity contribution in [3.05, 3.63) is 35.1 Å². The monoisotopic (exact) mass is 241 g/mol. The van der Waals surface area contributed by atoms with Gasteiger partial charge in [-0.2, -0.15) is 0 Å². The molecule has 16 heavy (non-hydrogen) atoms. The second kappa shape index (κ2) is 5.51. The highest BCUT2D eigenvalue weighted by molar-refractivity contribution is 6.33.